The molecule has 0 aromatic carbocycles. The minimum absolute atomic E-state index is 0.0712. The summed E-state index contributed by atoms with van der Waals surface area (Å²) in [5, 5.41) is 0. The molecule has 2 heterocycles. The highest BCUT2D eigenvalue weighted by Gasteiger charge is 2.49. The third kappa shape index (κ3) is 4.85. The number of hydroxylamine groups is 1. The van der Waals surface area contributed by atoms with Crippen molar-refractivity contribution in [3.63, 3.8) is 0 Å². The molecule has 0 radical (unpaired) electrons. The molecule has 2 aliphatic heterocycles. The minimum atomic E-state index is -3.70. The van der Waals surface area contributed by atoms with E-state index >= 15 is 0 Å². The summed E-state index contributed by atoms with van der Waals surface area (Å²) in [6.07, 6.45) is 3.03. The summed E-state index contributed by atoms with van der Waals surface area (Å²) in [5.41, 5.74) is 8.69. The largest absolute Gasteiger partial charge is 0.470 e. The number of hydrogen-bond donors (Lipinski definition) is 3. The molecule has 142 valence electrons. The van der Waals surface area contributed by atoms with E-state index in [2.05, 4.69) is 15.1 Å². The van der Waals surface area contributed by atoms with Gasteiger partial charge in [0, 0.05) is 25.3 Å². The molecule has 0 unspecified atom stereocenters. The van der Waals surface area contributed by atoms with Crippen molar-refractivity contribution in [3.05, 3.63) is 22.6 Å². The van der Waals surface area contributed by atoms with Crippen LogP contribution in [0.4, 0.5) is 0 Å². The summed E-state index contributed by atoms with van der Waals surface area (Å²) in [6, 6.07) is 0. The minimum Gasteiger partial charge on any atom is -0.470 e. The molecule has 0 bridgehead atoms. The van der Waals surface area contributed by atoms with E-state index in [1.165, 1.54) is 6.08 Å². The molecule has 0 amide bonds. The molecule has 0 aromatic heterocycles. The lowest BCUT2D eigenvalue weighted by molar-refractivity contribution is 0.00385. The molecule has 1 saturated carbocycles. The number of nitrogens with two attached hydrogens (primary N) is 1. The van der Waals surface area contributed by atoms with Crippen LogP contribution in [0.25, 0.3) is 0 Å². The van der Waals surface area contributed by atoms with Crippen molar-refractivity contribution in [2.75, 3.05) is 46.0 Å². The Bertz CT molecular complexity index is 651. The highest BCUT2D eigenvalue weighted by Crippen LogP contribution is 2.42. The summed E-state index contributed by atoms with van der Waals surface area (Å²) in [6.45, 7) is 6.48. The Morgan fingerprint density at radius 1 is 1.44 bits per heavy atom. The first-order valence-electron chi connectivity index (χ1n) is 8.45. The second-order valence-corrected chi connectivity index (χ2v) is 8.31. The molecule has 2 fully saturated rings. The first-order valence-corrected chi connectivity index (χ1v) is 9.93. The lowest BCUT2D eigenvalue weighted by Crippen LogP contribution is -2.38. The maximum atomic E-state index is 12.3. The van der Waals surface area contributed by atoms with Crippen LogP contribution in [-0.4, -0.2) is 64.9 Å². The Morgan fingerprint density at radius 3 is 2.84 bits per heavy atom. The number of rotatable bonds is 6. The van der Waals surface area contributed by atoms with Crippen LogP contribution < -0.4 is 15.9 Å². The average molecular weight is 374 g/mol. The Balaban J connectivity index is 1.54. The molecule has 0 aromatic rings. The van der Waals surface area contributed by atoms with Gasteiger partial charge in [-0.1, -0.05) is 0 Å². The quantitative estimate of drug-likeness (QED) is 0.415. The summed E-state index contributed by atoms with van der Waals surface area (Å²) >= 11 is 0. The van der Waals surface area contributed by atoms with Gasteiger partial charge in [-0.15, -0.1) is 0 Å². The van der Waals surface area contributed by atoms with Gasteiger partial charge in [0.25, 0.3) is 0 Å². The molecular formula is C15H26N4O5S. The lowest BCUT2D eigenvalue weighted by atomic mass is 10.3. The van der Waals surface area contributed by atoms with E-state index in [4.69, 9.17) is 20.0 Å². The Hall–Kier alpha value is -1.33. The number of morpholine rings is 1. The monoisotopic (exact) mass is 374 g/mol. The van der Waals surface area contributed by atoms with Crippen LogP contribution in [0.2, 0.25) is 0 Å². The zero-order chi connectivity index (χ0) is 17.9. The van der Waals surface area contributed by atoms with Gasteiger partial charge in [-0.3, -0.25) is 15.2 Å². The number of allylic oxidation sites excluding steroid dienone is 2. The van der Waals surface area contributed by atoms with Crippen molar-refractivity contribution in [1.82, 2.24) is 15.1 Å². The zero-order valence-corrected chi connectivity index (χ0v) is 15.2. The van der Waals surface area contributed by atoms with Crippen LogP contribution in [0.15, 0.2) is 22.6 Å². The van der Waals surface area contributed by atoms with Crippen LogP contribution >= 0.6 is 0 Å². The van der Waals surface area contributed by atoms with E-state index in [1.807, 2.05) is 0 Å². The Labute approximate surface area is 148 Å². The number of hydrogen-bond acceptors (Lipinski definition) is 8. The molecule has 1 spiro atoms. The fraction of sp³-hybridized carbons (Fsp3) is 0.733. The maximum absolute atomic E-state index is 12.3. The van der Waals surface area contributed by atoms with E-state index < -0.39 is 15.6 Å². The number of ether oxygens (including phenoxy) is 2. The van der Waals surface area contributed by atoms with Crippen molar-refractivity contribution in [3.8, 4) is 0 Å². The maximum Gasteiger partial charge on any atom is 0.246 e. The highest BCUT2D eigenvalue weighted by molar-refractivity contribution is 7.93. The third-order valence-electron chi connectivity index (χ3n) is 4.44. The van der Waals surface area contributed by atoms with Gasteiger partial charge < -0.3 is 15.2 Å². The van der Waals surface area contributed by atoms with Crippen LogP contribution in [-0.2, 0) is 24.3 Å². The molecule has 4 N–H and O–H groups in total. The fourth-order valence-electron chi connectivity index (χ4n) is 2.71. The van der Waals surface area contributed by atoms with Gasteiger partial charge in [-0.25, -0.2) is 13.1 Å². The van der Waals surface area contributed by atoms with Crippen molar-refractivity contribution in [1.29, 1.82) is 0 Å². The summed E-state index contributed by atoms with van der Waals surface area (Å²) < 4.78 is 38.2. The van der Waals surface area contributed by atoms with Crippen molar-refractivity contribution in [2.45, 2.75) is 25.4 Å². The van der Waals surface area contributed by atoms with Crippen LogP contribution in [0.1, 0.15) is 19.8 Å². The predicted molar refractivity (Wildman–Crippen MR) is 91.3 cm³/mol. The van der Waals surface area contributed by atoms with Crippen molar-refractivity contribution < 1.29 is 22.7 Å². The molecule has 0 atom stereocenters. The highest BCUT2D eigenvalue weighted by atomic mass is 32.2. The van der Waals surface area contributed by atoms with Crippen LogP contribution in [0, 0.1) is 0 Å². The van der Waals surface area contributed by atoms with E-state index in [0.29, 0.717) is 12.3 Å². The van der Waals surface area contributed by atoms with E-state index in [1.54, 1.807) is 6.92 Å². The average Bonchev–Trinajstić information content (AvgIpc) is 3.36. The smallest absolute Gasteiger partial charge is 0.246 e. The zero-order valence-electron chi connectivity index (χ0n) is 14.4. The molecule has 10 heteroatoms. The molecule has 9 nitrogen and oxygen atoms in total. The SMILES string of the molecule is C/C(=C/C1=C(N)OC2(CC2)CNS1(=O)=O)NOCCN1CCOCC1. The van der Waals surface area contributed by atoms with Gasteiger partial charge in [0.05, 0.1) is 26.4 Å². The first-order chi connectivity index (χ1) is 11.9. The van der Waals surface area contributed by atoms with E-state index in [9.17, 15) is 8.42 Å². The van der Waals surface area contributed by atoms with Crippen molar-refractivity contribution >= 4 is 10.0 Å². The van der Waals surface area contributed by atoms with Crippen LogP contribution in [0.3, 0.4) is 0 Å². The number of nitrogens with one attached hydrogen (secondary N) is 2. The van der Waals surface area contributed by atoms with E-state index in [0.717, 1.165) is 45.7 Å². The summed E-state index contributed by atoms with van der Waals surface area (Å²) in [4.78, 5) is 7.58. The van der Waals surface area contributed by atoms with Crippen molar-refractivity contribution in [2.24, 2.45) is 5.73 Å². The van der Waals surface area contributed by atoms with Gasteiger partial charge in [0.15, 0.2) is 0 Å². The second-order valence-electron chi connectivity index (χ2n) is 6.57. The van der Waals surface area contributed by atoms with Gasteiger partial charge >= 0.3 is 0 Å². The molecule has 1 saturated heterocycles. The van der Waals surface area contributed by atoms with Gasteiger partial charge in [-0.2, -0.15) is 0 Å². The lowest BCUT2D eigenvalue weighted by Gasteiger charge is -2.26. The van der Waals surface area contributed by atoms with Gasteiger partial charge in [0.1, 0.15) is 10.5 Å². The topological polar surface area (TPSA) is 115 Å². The summed E-state index contributed by atoms with van der Waals surface area (Å²) in [7, 11) is -3.70. The van der Waals surface area contributed by atoms with Crippen LogP contribution in [0.5, 0.6) is 0 Å². The van der Waals surface area contributed by atoms with Gasteiger partial charge in [0.2, 0.25) is 15.9 Å². The van der Waals surface area contributed by atoms with E-state index in [-0.39, 0.29) is 17.3 Å². The Morgan fingerprint density at radius 2 is 2.16 bits per heavy atom. The summed E-state index contributed by atoms with van der Waals surface area (Å²) in [5.74, 6) is -0.0723. The first kappa shape index (κ1) is 18.5. The fourth-order valence-corrected chi connectivity index (χ4v) is 3.96. The Kier molecular flexibility index (Phi) is 5.54. The van der Waals surface area contributed by atoms with Gasteiger partial charge in [-0.05, 0) is 25.8 Å². The number of nitrogens with zero attached hydrogens (tertiary/aromatic N) is 1. The molecule has 1 aliphatic carbocycles. The molecule has 25 heavy (non-hydrogen) atoms. The predicted octanol–water partition coefficient (Wildman–Crippen LogP) is -0.646. The number of sulfonamides is 1. The molecular weight excluding hydrogens is 348 g/mol. The third-order valence-corrected chi connectivity index (χ3v) is 5.87. The molecule has 3 aliphatic rings. The molecule has 3 rings (SSSR count). The second kappa shape index (κ2) is 7.50. The normalized spacial score (nSPS) is 26.2. The standard InChI is InChI=1S/C15H26N4O5S/c1-12(18-23-9-6-19-4-7-22-8-5-19)10-13-14(16)24-15(2-3-15)11-17-25(13,20)21/h10,17-18H,2-9,11,16H2,1H3/b12-10-.